The van der Waals surface area contributed by atoms with Gasteiger partial charge in [0.25, 0.3) is 0 Å². The number of anilines is 1. The maximum absolute atomic E-state index is 11.5. The molecule has 1 aromatic rings. The van der Waals surface area contributed by atoms with Crippen LogP contribution in [0.3, 0.4) is 0 Å². The van der Waals surface area contributed by atoms with Gasteiger partial charge in [-0.05, 0) is 23.6 Å². The normalized spacial score (nSPS) is 26.5. The van der Waals surface area contributed by atoms with Crippen LogP contribution in [0.4, 0.5) is 5.69 Å². The maximum Gasteiger partial charge on any atom is 0.231 e. The highest BCUT2D eigenvalue weighted by atomic mass is 16.2. The zero-order valence-corrected chi connectivity index (χ0v) is 9.10. The second-order valence-corrected chi connectivity index (χ2v) is 4.60. The van der Waals surface area contributed by atoms with Crippen molar-refractivity contribution in [2.75, 3.05) is 11.9 Å². The second-order valence-electron chi connectivity index (χ2n) is 4.60. The van der Waals surface area contributed by atoms with E-state index in [4.69, 9.17) is 5.26 Å². The van der Waals surface area contributed by atoms with Gasteiger partial charge in [0.15, 0.2) is 0 Å². The van der Waals surface area contributed by atoms with Crippen LogP contribution in [0.2, 0.25) is 0 Å². The van der Waals surface area contributed by atoms with Crippen LogP contribution in [0.15, 0.2) is 18.2 Å². The molecule has 1 saturated carbocycles. The minimum Gasteiger partial charge on any atom is -0.315 e. The lowest BCUT2D eigenvalue weighted by Gasteiger charge is -2.10. The molecule has 0 N–H and O–H groups in total. The summed E-state index contributed by atoms with van der Waals surface area (Å²) in [5, 5.41) is 8.80. The van der Waals surface area contributed by atoms with E-state index in [1.54, 1.807) is 4.90 Å². The van der Waals surface area contributed by atoms with Crippen LogP contribution >= 0.6 is 0 Å². The van der Waals surface area contributed by atoms with Crippen molar-refractivity contribution in [3.8, 4) is 6.07 Å². The van der Waals surface area contributed by atoms with Crippen LogP contribution in [0.25, 0.3) is 0 Å². The Labute approximate surface area is 94.3 Å². The van der Waals surface area contributed by atoms with Crippen LogP contribution in [0.5, 0.6) is 0 Å². The number of hydrogen-bond acceptors (Lipinski definition) is 2. The largest absolute Gasteiger partial charge is 0.315 e. The van der Waals surface area contributed by atoms with E-state index in [0.717, 1.165) is 17.7 Å². The van der Waals surface area contributed by atoms with Crippen LogP contribution in [-0.4, -0.2) is 13.0 Å². The summed E-state index contributed by atoms with van der Waals surface area (Å²) in [6, 6.07) is 8.45. The summed E-state index contributed by atoms with van der Waals surface area (Å²) in [5.74, 6) is 0.740. The van der Waals surface area contributed by atoms with Gasteiger partial charge in [-0.15, -0.1) is 0 Å². The molecule has 2 unspecified atom stereocenters. The van der Waals surface area contributed by atoms with Gasteiger partial charge in [0, 0.05) is 18.7 Å². The summed E-state index contributed by atoms with van der Waals surface area (Å²) < 4.78 is 0. The first kappa shape index (κ1) is 9.41. The Morgan fingerprint density at radius 1 is 1.50 bits per heavy atom. The number of nitriles is 1. The van der Waals surface area contributed by atoms with E-state index in [-0.39, 0.29) is 11.8 Å². The molecule has 1 heterocycles. The lowest BCUT2D eigenvalue weighted by atomic mass is 10.0. The zero-order valence-electron chi connectivity index (χ0n) is 9.10. The van der Waals surface area contributed by atoms with Gasteiger partial charge in [-0.2, -0.15) is 5.26 Å². The summed E-state index contributed by atoms with van der Waals surface area (Å²) in [7, 11) is 1.81. The molecular weight excluding hydrogens is 200 g/mol. The topological polar surface area (TPSA) is 44.1 Å². The Morgan fingerprint density at radius 2 is 2.31 bits per heavy atom. The van der Waals surface area contributed by atoms with E-state index in [1.807, 2.05) is 13.1 Å². The average molecular weight is 212 g/mol. The van der Waals surface area contributed by atoms with E-state index >= 15 is 0 Å². The summed E-state index contributed by atoms with van der Waals surface area (Å²) in [6.07, 6.45) is 1.47. The summed E-state index contributed by atoms with van der Waals surface area (Å²) in [4.78, 5) is 13.2. The minimum atomic E-state index is 0.153. The summed E-state index contributed by atoms with van der Waals surface area (Å²) in [5.41, 5.74) is 3.34. The summed E-state index contributed by atoms with van der Waals surface area (Å²) in [6.45, 7) is 0. The Morgan fingerprint density at radius 3 is 3.00 bits per heavy atom. The molecule has 1 aliphatic carbocycles. The highest BCUT2D eigenvalue weighted by Crippen LogP contribution is 2.48. The molecule has 3 heteroatoms. The van der Waals surface area contributed by atoms with Crippen molar-refractivity contribution < 1.29 is 4.79 Å². The monoisotopic (exact) mass is 212 g/mol. The minimum absolute atomic E-state index is 0.153. The number of rotatable bonds is 1. The Kier molecular flexibility index (Phi) is 1.81. The van der Waals surface area contributed by atoms with Crippen LogP contribution in [-0.2, 0) is 11.2 Å². The number of hydrogen-bond donors (Lipinski definition) is 0. The van der Waals surface area contributed by atoms with E-state index in [2.05, 4.69) is 18.2 Å². The molecule has 3 rings (SSSR count). The standard InChI is InChI=1S/C13H12N2O/c1-15-12-3-2-8(11-5-10(11)7-14)4-9(12)6-13(15)16/h2-4,10-11H,5-6H2,1H3. The third-order valence-corrected chi connectivity index (χ3v) is 3.57. The smallest absolute Gasteiger partial charge is 0.231 e. The number of carbonyl (C=O) groups excluding carboxylic acids is 1. The predicted octanol–water partition coefficient (Wildman–Crippen LogP) is 1.83. The first-order valence-electron chi connectivity index (χ1n) is 5.49. The van der Waals surface area contributed by atoms with Crippen molar-refractivity contribution in [3.63, 3.8) is 0 Å². The van der Waals surface area contributed by atoms with Crippen molar-refractivity contribution in [2.24, 2.45) is 5.92 Å². The van der Waals surface area contributed by atoms with Gasteiger partial charge in [-0.1, -0.05) is 12.1 Å². The van der Waals surface area contributed by atoms with Crippen molar-refractivity contribution in [1.29, 1.82) is 5.26 Å². The Balaban J connectivity index is 1.94. The van der Waals surface area contributed by atoms with Crippen LogP contribution in [0, 0.1) is 17.2 Å². The molecular formula is C13H12N2O. The molecule has 0 saturated heterocycles. The fourth-order valence-corrected chi connectivity index (χ4v) is 2.43. The molecule has 1 fully saturated rings. The predicted molar refractivity (Wildman–Crippen MR) is 60.0 cm³/mol. The highest BCUT2D eigenvalue weighted by molar-refractivity contribution is 6.00. The van der Waals surface area contributed by atoms with Crippen molar-refractivity contribution in [2.45, 2.75) is 18.8 Å². The second kappa shape index (κ2) is 3.08. The molecule has 0 radical (unpaired) electrons. The number of likely N-dealkylation sites (N-methyl/N-ethyl adjacent to an activating group) is 1. The van der Waals surface area contributed by atoms with Gasteiger partial charge in [0.05, 0.1) is 18.4 Å². The number of benzene rings is 1. The van der Waals surface area contributed by atoms with Gasteiger partial charge in [-0.3, -0.25) is 4.79 Å². The first-order chi connectivity index (χ1) is 7.70. The third kappa shape index (κ3) is 1.23. The maximum atomic E-state index is 11.5. The third-order valence-electron chi connectivity index (χ3n) is 3.57. The van der Waals surface area contributed by atoms with Gasteiger partial charge in [0.2, 0.25) is 5.91 Å². The van der Waals surface area contributed by atoms with Gasteiger partial charge in [0.1, 0.15) is 0 Å². The van der Waals surface area contributed by atoms with E-state index < -0.39 is 0 Å². The first-order valence-corrected chi connectivity index (χ1v) is 5.49. The van der Waals surface area contributed by atoms with Gasteiger partial charge >= 0.3 is 0 Å². The number of amides is 1. The number of nitrogens with zero attached hydrogens (tertiary/aromatic N) is 2. The van der Waals surface area contributed by atoms with Crippen molar-refractivity contribution >= 4 is 11.6 Å². The Bertz CT molecular complexity index is 515. The van der Waals surface area contributed by atoms with Gasteiger partial charge < -0.3 is 4.90 Å². The van der Waals surface area contributed by atoms with Crippen LogP contribution < -0.4 is 4.90 Å². The van der Waals surface area contributed by atoms with Crippen molar-refractivity contribution in [3.05, 3.63) is 29.3 Å². The molecule has 0 bridgehead atoms. The lowest BCUT2D eigenvalue weighted by Crippen LogP contribution is -2.20. The highest BCUT2D eigenvalue weighted by Gasteiger charge is 2.39. The number of carbonyl (C=O) groups is 1. The fourth-order valence-electron chi connectivity index (χ4n) is 2.43. The molecule has 3 nitrogen and oxygen atoms in total. The summed E-state index contributed by atoms with van der Waals surface area (Å²) >= 11 is 0. The molecule has 0 aromatic heterocycles. The van der Waals surface area contributed by atoms with E-state index in [0.29, 0.717) is 12.3 Å². The average Bonchev–Trinajstić information content (AvgIpc) is 3.02. The molecule has 1 amide bonds. The molecule has 0 spiro atoms. The Hall–Kier alpha value is -1.82. The molecule has 16 heavy (non-hydrogen) atoms. The molecule has 2 aliphatic rings. The quantitative estimate of drug-likeness (QED) is 0.712. The zero-order chi connectivity index (χ0) is 11.3. The molecule has 1 aromatic carbocycles. The molecule has 1 aliphatic heterocycles. The fraction of sp³-hybridized carbons (Fsp3) is 0.385. The van der Waals surface area contributed by atoms with Crippen molar-refractivity contribution in [1.82, 2.24) is 0 Å². The van der Waals surface area contributed by atoms with Crippen LogP contribution in [0.1, 0.15) is 23.5 Å². The van der Waals surface area contributed by atoms with E-state index in [9.17, 15) is 4.79 Å². The van der Waals surface area contributed by atoms with Gasteiger partial charge in [-0.25, -0.2) is 0 Å². The SMILES string of the molecule is CN1C(=O)Cc2cc(C3CC3C#N)ccc21. The lowest BCUT2D eigenvalue weighted by molar-refractivity contribution is -0.117. The van der Waals surface area contributed by atoms with E-state index in [1.165, 1.54) is 5.56 Å². The molecule has 2 atom stereocenters. The molecule has 80 valence electrons. The number of fused-ring (bicyclic) bond motifs is 1.